The molecule has 0 atom stereocenters. The summed E-state index contributed by atoms with van der Waals surface area (Å²) in [5.74, 6) is 0.650. The van der Waals surface area contributed by atoms with Gasteiger partial charge in [0.2, 0.25) is 5.15 Å². The maximum Gasteiger partial charge on any atom is 0.329 e. The Kier molecular flexibility index (Phi) is 2.73. The molecule has 1 aliphatic rings. The minimum absolute atomic E-state index is 0.0687. The average molecular weight is 228 g/mol. The van der Waals surface area contributed by atoms with E-state index in [1.807, 2.05) is 0 Å². The lowest BCUT2D eigenvalue weighted by Crippen LogP contribution is -2.06. The smallest absolute Gasteiger partial charge is 0.329 e. The van der Waals surface area contributed by atoms with Crippen LogP contribution in [-0.2, 0) is 0 Å². The van der Waals surface area contributed by atoms with Crippen LogP contribution in [0.4, 0.5) is 11.4 Å². The second-order valence-corrected chi connectivity index (χ2v) is 3.94. The van der Waals surface area contributed by atoms with E-state index in [1.54, 1.807) is 6.07 Å². The fraction of sp³-hybridized carbons (Fsp3) is 0.444. The zero-order valence-corrected chi connectivity index (χ0v) is 8.70. The summed E-state index contributed by atoms with van der Waals surface area (Å²) in [6, 6.07) is 1.58. The van der Waals surface area contributed by atoms with Gasteiger partial charge in [0.05, 0.1) is 4.92 Å². The Morgan fingerprint density at radius 1 is 1.67 bits per heavy atom. The first-order valence-corrected chi connectivity index (χ1v) is 5.09. The van der Waals surface area contributed by atoms with Gasteiger partial charge in [-0.25, -0.2) is 4.98 Å². The Morgan fingerprint density at radius 3 is 3.00 bits per heavy atom. The van der Waals surface area contributed by atoms with Gasteiger partial charge in [0, 0.05) is 12.7 Å². The van der Waals surface area contributed by atoms with Crippen LogP contribution in [0.2, 0.25) is 5.15 Å². The normalized spacial score (nSPS) is 15.0. The molecule has 0 aliphatic heterocycles. The van der Waals surface area contributed by atoms with Gasteiger partial charge in [0.15, 0.2) is 0 Å². The molecule has 0 amide bonds. The molecule has 2 rings (SSSR count). The average Bonchev–Trinajstić information content (AvgIpc) is 2.97. The lowest BCUT2D eigenvalue weighted by molar-refractivity contribution is -0.384. The highest BCUT2D eigenvalue weighted by atomic mass is 35.5. The van der Waals surface area contributed by atoms with Crippen molar-refractivity contribution >= 4 is 23.0 Å². The molecule has 1 N–H and O–H groups in total. The molecule has 5 nitrogen and oxygen atoms in total. The van der Waals surface area contributed by atoms with Crippen LogP contribution in [0, 0.1) is 16.0 Å². The van der Waals surface area contributed by atoms with Gasteiger partial charge in [-0.1, -0.05) is 11.6 Å². The Hall–Kier alpha value is -1.36. The molecule has 0 saturated heterocycles. The number of pyridine rings is 1. The number of rotatable bonds is 4. The number of hydrogen-bond acceptors (Lipinski definition) is 4. The van der Waals surface area contributed by atoms with Crippen molar-refractivity contribution in [3.05, 3.63) is 27.5 Å². The summed E-state index contributed by atoms with van der Waals surface area (Å²) in [5, 5.41) is 13.7. The third-order valence-corrected chi connectivity index (χ3v) is 2.62. The van der Waals surface area contributed by atoms with Crippen molar-refractivity contribution < 1.29 is 4.92 Å². The highest BCUT2D eigenvalue weighted by molar-refractivity contribution is 6.32. The molecule has 6 heteroatoms. The van der Waals surface area contributed by atoms with Crippen molar-refractivity contribution in [1.29, 1.82) is 0 Å². The van der Waals surface area contributed by atoms with Crippen LogP contribution in [0.1, 0.15) is 12.8 Å². The monoisotopic (exact) mass is 227 g/mol. The van der Waals surface area contributed by atoms with E-state index in [2.05, 4.69) is 10.3 Å². The molecule has 15 heavy (non-hydrogen) atoms. The maximum atomic E-state index is 10.7. The van der Waals surface area contributed by atoms with Crippen molar-refractivity contribution in [2.75, 3.05) is 11.9 Å². The number of anilines is 1. The van der Waals surface area contributed by atoms with Gasteiger partial charge >= 0.3 is 5.69 Å². The van der Waals surface area contributed by atoms with Crippen molar-refractivity contribution in [2.24, 2.45) is 5.92 Å². The van der Waals surface area contributed by atoms with Gasteiger partial charge in [-0.15, -0.1) is 0 Å². The second kappa shape index (κ2) is 4.02. The van der Waals surface area contributed by atoms with Crippen LogP contribution in [0.25, 0.3) is 0 Å². The molecule has 1 fully saturated rings. The highest BCUT2D eigenvalue weighted by Crippen LogP contribution is 2.33. The number of nitrogens with zero attached hydrogens (tertiary/aromatic N) is 2. The number of hydrogen-bond donors (Lipinski definition) is 1. The molecule has 0 bridgehead atoms. The summed E-state index contributed by atoms with van der Waals surface area (Å²) in [4.78, 5) is 13.9. The van der Waals surface area contributed by atoms with Crippen LogP contribution >= 0.6 is 11.6 Å². The number of nitrogens with one attached hydrogen (secondary N) is 1. The van der Waals surface area contributed by atoms with E-state index in [-0.39, 0.29) is 10.8 Å². The van der Waals surface area contributed by atoms with Gasteiger partial charge in [-0.05, 0) is 24.8 Å². The van der Waals surface area contributed by atoms with Gasteiger partial charge in [0.25, 0.3) is 0 Å². The number of nitro groups is 1. The van der Waals surface area contributed by atoms with Crippen molar-refractivity contribution in [2.45, 2.75) is 12.8 Å². The molecular weight excluding hydrogens is 218 g/mol. The lowest BCUT2D eigenvalue weighted by Gasteiger charge is -2.05. The van der Waals surface area contributed by atoms with Crippen LogP contribution < -0.4 is 5.32 Å². The highest BCUT2D eigenvalue weighted by Gasteiger charge is 2.24. The Bertz CT molecular complexity index is 393. The largest absolute Gasteiger partial charge is 0.379 e. The molecule has 1 aromatic rings. The molecule has 80 valence electrons. The molecule has 0 spiro atoms. The van der Waals surface area contributed by atoms with Crippen LogP contribution in [-0.4, -0.2) is 16.5 Å². The minimum Gasteiger partial charge on any atom is -0.379 e. The van der Waals surface area contributed by atoms with Crippen LogP contribution in [0.5, 0.6) is 0 Å². The number of aromatic nitrogens is 1. The first kappa shape index (κ1) is 10.2. The van der Waals surface area contributed by atoms with Crippen LogP contribution in [0.3, 0.4) is 0 Å². The van der Waals surface area contributed by atoms with Gasteiger partial charge in [-0.3, -0.25) is 10.1 Å². The van der Waals surface area contributed by atoms with Crippen LogP contribution in [0.15, 0.2) is 12.3 Å². The first-order valence-electron chi connectivity index (χ1n) is 4.71. The van der Waals surface area contributed by atoms with Gasteiger partial charge < -0.3 is 5.32 Å². The van der Waals surface area contributed by atoms with Crippen molar-refractivity contribution in [1.82, 2.24) is 4.98 Å². The fourth-order valence-electron chi connectivity index (χ4n) is 1.32. The summed E-state index contributed by atoms with van der Waals surface area (Å²) in [7, 11) is 0. The maximum absolute atomic E-state index is 10.7. The SMILES string of the molecule is O=[N+]([O-])c1c(NCC2CC2)ccnc1Cl. The van der Waals surface area contributed by atoms with Crippen molar-refractivity contribution in [3.8, 4) is 0 Å². The minimum atomic E-state index is -0.509. The molecule has 1 heterocycles. The molecule has 1 aliphatic carbocycles. The molecular formula is C9H10ClN3O2. The lowest BCUT2D eigenvalue weighted by atomic mass is 10.3. The third kappa shape index (κ3) is 2.36. The van der Waals surface area contributed by atoms with E-state index < -0.39 is 4.92 Å². The summed E-state index contributed by atoms with van der Waals surface area (Å²) in [6.07, 6.45) is 3.85. The summed E-state index contributed by atoms with van der Waals surface area (Å²) < 4.78 is 0. The van der Waals surface area contributed by atoms with E-state index in [9.17, 15) is 10.1 Å². The van der Waals surface area contributed by atoms with Gasteiger partial charge in [-0.2, -0.15) is 0 Å². The van der Waals surface area contributed by atoms with E-state index in [1.165, 1.54) is 19.0 Å². The van der Waals surface area contributed by atoms with Crippen molar-refractivity contribution in [3.63, 3.8) is 0 Å². The fourth-order valence-corrected chi connectivity index (χ4v) is 1.55. The third-order valence-electron chi connectivity index (χ3n) is 2.34. The van der Waals surface area contributed by atoms with E-state index in [0.717, 1.165) is 6.54 Å². The molecule has 1 saturated carbocycles. The number of halogens is 1. The summed E-state index contributed by atoms with van der Waals surface area (Å²) in [6.45, 7) is 0.765. The van der Waals surface area contributed by atoms with E-state index >= 15 is 0 Å². The predicted octanol–water partition coefficient (Wildman–Crippen LogP) is 2.47. The second-order valence-electron chi connectivity index (χ2n) is 3.58. The Balaban J connectivity index is 2.19. The predicted molar refractivity (Wildman–Crippen MR) is 57.1 cm³/mol. The standard InChI is InChI=1S/C9H10ClN3O2/c10-9-8(13(14)15)7(3-4-11-9)12-5-6-1-2-6/h3-4,6H,1-2,5H2,(H,11,12). The zero-order valence-electron chi connectivity index (χ0n) is 7.94. The summed E-state index contributed by atoms with van der Waals surface area (Å²) >= 11 is 5.66. The van der Waals surface area contributed by atoms with E-state index in [4.69, 9.17) is 11.6 Å². The molecule has 1 aromatic heterocycles. The quantitative estimate of drug-likeness (QED) is 0.487. The first-order chi connectivity index (χ1) is 7.18. The molecule has 0 unspecified atom stereocenters. The molecule has 0 aromatic carbocycles. The zero-order chi connectivity index (χ0) is 10.8. The Morgan fingerprint density at radius 2 is 2.40 bits per heavy atom. The summed E-state index contributed by atoms with van der Waals surface area (Å²) in [5.41, 5.74) is 0.312. The van der Waals surface area contributed by atoms with E-state index in [0.29, 0.717) is 11.6 Å². The molecule has 0 radical (unpaired) electrons. The Labute approximate surface area is 91.6 Å². The van der Waals surface area contributed by atoms with Gasteiger partial charge in [0.1, 0.15) is 5.69 Å². The topological polar surface area (TPSA) is 68.1 Å².